The van der Waals surface area contributed by atoms with Gasteiger partial charge >= 0.3 is 0 Å². The molecule has 8 aromatic rings. The average Bonchev–Trinajstić information content (AvgIpc) is 3.57. The Balaban J connectivity index is 1.22. The summed E-state index contributed by atoms with van der Waals surface area (Å²) in [6, 6.07) is 54.3. The van der Waals surface area contributed by atoms with E-state index in [0.29, 0.717) is 0 Å². The number of rotatable bonds is 4. The number of hydrogen-bond acceptors (Lipinski definition) is 2. The third-order valence-corrected chi connectivity index (χ3v) is 13.1. The third-order valence-electron chi connectivity index (χ3n) is 9.58. The van der Waals surface area contributed by atoms with E-state index in [4.69, 9.17) is 9.97 Å². The van der Waals surface area contributed by atoms with Gasteiger partial charge in [-0.2, -0.15) is 0 Å². The van der Waals surface area contributed by atoms with Gasteiger partial charge in [0, 0.05) is 27.6 Å². The van der Waals surface area contributed by atoms with Gasteiger partial charge in [0.1, 0.15) is 8.07 Å². The highest BCUT2D eigenvalue weighted by Crippen LogP contribution is 2.37. The fourth-order valence-corrected chi connectivity index (χ4v) is 10.6. The molecule has 3 nitrogen and oxygen atoms in total. The van der Waals surface area contributed by atoms with E-state index in [1.165, 1.54) is 49.0 Å². The van der Waals surface area contributed by atoms with Crippen LogP contribution in [0.3, 0.4) is 0 Å². The monoisotopic (exact) mass is 605 g/mol. The van der Waals surface area contributed by atoms with Gasteiger partial charge in [0.2, 0.25) is 0 Å². The average molecular weight is 606 g/mol. The molecule has 9 rings (SSSR count). The summed E-state index contributed by atoms with van der Waals surface area (Å²) < 4.78 is 2.36. The molecule has 3 heterocycles. The molecule has 0 unspecified atom stereocenters. The zero-order valence-electron chi connectivity index (χ0n) is 25.8. The van der Waals surface area contributed by atoms with Gasteiger partial charge in [-0.15, -0.1) is 0 Å². The first-order valence-corrected chi connectivity index (χ1v) is 18.9. The van der Waals surface area contributed by atoms with Crippen LogP contribution in [0.2, 0.25) is 13.1 Å². The first kappa shape index (κ1) is 26.8. The molecule has 6 aromatic carbocycles. The predicted octanol–water partition coefficient (Wildman–Crippen LogP) is 9.38. The van der Waals surface area contributed by atoms with E-state index >= 15 is 0 Å². The molecule has 2 aromatic heterocycles. The van der Waals surface area contributed by atoms with Crippen molar-refractivity contribution in [2.24, 2.45) is 0 Å². The standard InChI is InChI=1S/C42H31N3Si/c1-46(2)38-23-12-10-21-34(38)40-41(46)39(28-14-5-3-6-15-28)43-42(44-40)31-17-13-16-29(26-31)30-24-25-37-35(27-30)33-20-9-11-22-36(33)45(37)32-18-7-4-8-19-32/h3-27H,1-2H3. The Labute approximate surface area is 269 Å². The molecule has 0 N–H and O–H groups in total. The maximum absolute atomic E-state index is 5.35. The fourth-order valence-electron chi connectivity index (χ4n) is 7.40. The molecule has 0 saturated heterocycles. The van der Waals surface area contributed by atoms with Crippen molar-refractivity contribution in [2.75, 3.05) is 0 Å². The van der Waals surface area contributed by atoms with E-state index in [1.54, 1.807) is 0 Å². The van der Waals surface area contributed by atoms with Gasteiger partial charge in [-0.3, -0.25) is 0 Å². The topological polar surface area (TPSA) is 30.7 Å². The zero-order chi connectivity index (χ0) is 30.8. The van der Waals surface area contributed by atoms with E-state index in [1.807, 2.05) is 0 Å². The molecule has 0 fully saturated rings. The molecule has 4 heteroatoms. The Bertz CT molecular complexity index is 2440. The number of aromatic nitrogens is 3. The van der Waals surface area contributed by atoms with Crippen molar-refractivity contribution >= 4 is 40.3 Å². The second-order valence-electron chi connectivity index (χ2n) is 12.7. The van der Waals surface area contributed by atoms with Crippen LogP contribution in [0.4, 0.5) is 0 Å². The molecule has 1 aliphatic heterocycles. The lowest BCUT2D eigenvalue weighted by Crippen LogP contribution is -2.50. The lowest BCUT2D eigenvalue weighted by molar-refractivity contribution is 1.18. The van der Waals surface area contributed by atoms with Crippen molar-refractivity contribution in [3.8, 4) is 50.7 Å². The van der Waals surface area contributed by atoms with Crippen molar-refractivity contribution < 1.29 is 0 Å². The molecular weight excluding hydrogens is 575 g/mol. The van der Waals surface area contributed by atoms with Gasteiger partial charge in [-0.25, -0.2) is 9.97 Å². The predicted molar refractivity (Wildman–Crippen MR) is 195 cm³/mol. The maximum atomic E-state index is 5.35. The van der Waals surface area contributed by atoms with Crippen molar-refractivity contribution in [3.63, 3.8) is 0 Å². The molecular formula is C42H31N3Si. The minimum Gasteiger partial charge on any atom is -0.309 e. The molecule has 0 bridgehead atoms. The van der Waals surface area contributed by atoms with Crippen LogP contribution >= 0.6 is 0 Å². The van der Waals surface area contributed by atoms with Gasteiger partial charge in [-0.05, 0) is 63.5 Å². The van der Waals surface area contributed by atoms with E-state index in [9.17, 15) is 0 Å². The number of nitrogens with zero attached hydrogens (tertiary/aromatic N) is 3. The number of fused-ring (bicyclic) bond motifs is 6. The second-order valence-corrected chi connectivity index (χ2v) is 16.9. The lowest BCUT2D eigenvalue weighted by Gasteiger charge is -2.21. The van der Waals surface area contributed by atoms with Crippen LogP contribution in [0, 0.1) is 0 Å². The summed E-state index contributed by atoms with van der Waals surface area (Å²) in [4.78, 5) is 10.7. The highest BCUT2D eigenvalue weighted by Gasteiger charge is 2.41. The normalized spacial score (nSPS) is 13.2. The number of benzene rings is 6. The van der Waals surface area contributed by atoms with Crippen LogP contribution in [0.1, 0.15) is 0 Å². The number of hydrogen-bond donors (Lipinski definition) is 0. The van der Waals surface area contributed by atoms with Crippen molar-refractivity contribution in [3.05, 3.63) is 152 Å². The molecule has 0 atom stereocenters. The van der Waals surface area contributed by atoms with Gasteiger partial charge in [0.25, 0.3) is 0 Å². The highest BCUT2D eigenvalue weighted by molar-refractivity contribution is 7.04. The van der Waals surface area contributed by atoms with E-state index in [2.05, 4.69) is 169 Å². The quantitative estimate of drug-likeness (QED) is 0.187. The fraction of sp³-hybridized carbons (Fsp3) is 0.0476. The first-order chi connectivity index (χ1) is 22.6. The molecule has 46 heavy (non-hydrogen) atoms. The van der Waals surface area contributed by atoms with E-state index in [-0.39, 0.29) is 0 Å². The van der Waals surface area contributed by atoms with Crippen LogP contribution in [-0.4, -0.2) is 22.6 Å². The molecule has 0 amide bonds. The molecule has 1 aliphatic rings. The summed E-state index contributed by atoms with van der Waals surface area (Å²) in [6.45, 7) is 4.86. The SMILES string of the molecule is C[Si]1(C)c2ccccc2-c2nc(-c3cccc(-c4ccc5c(c4)c4ccccc4n5-c4ccccc4)c3)nc(-c3ccccc3)c21. The minimum atomic E-state index is -1.99. The van der Waals surface area contributed by atoms with Crippen LogP contribution < -0.4 is 10.4 Å². The molecule has 218 valence electrons. The van der Waals surface area contributed by atoms with Crippen molar-refractivity contribution in [1.29, 1.82) is 0 Å². The molecule has 0 saturated carbocycles. The smallest absolute Gasteiger partial charge is 0.160 e. The third kappa shape index (κ3) is 4.04. The minimum absolute atomic E-state index is 0.766. The Kier molecular flexibility index (Phi) is 5.96. The first-order valence-electron chi connectivity index (χ1n) is 15.9. The van der Waals surface area contributed by atoms with Gasteiger partial charge in [0.05, 0.1) is 22.4 Å². The van der Waals surface area contributed by atoms with Gasteiger partial charge in [-0.1, -0.05) is 128 Å². The Morgan fingerprint density at radius 2 is 1.11 bits per heavy atom. The van der Waals surface area contributed by atoms with Crippen molar-refractivity contribution in [2.45, 2.75) is 13.1 Å². The Morgan fingerprint density at radius 3 is 1.96 bits per heavy atom. The van der Waals surface area contributed by atoms with Crippen LogP contribution in [-0.2, 0) is 0 Å². The van der Waals surface area contributed by atoms with Crippen LogP contribution in [0.5, 0.6) is 0 Å². The molecule has 0 radical (unpaired) electrons. The Hall–Kier alpha value is -5.58. The summed E-state index contributed by atoms with van der Waals surface area (Å²) in [5.41, 5.74) is 11.5. The van der Waals surface area contributed by atoms with Crippen LogP contribution in [0.25, 0.3) is 72.5 Å². The van der Waals surface area contributed by atoms with E-state index in [0.717, 1.165) is 33.9 Å². The lowest BCUT2D eigenvalue weighted by atomic mass is 10.00. The largest absolute Gasteiger partial charge is 0.309 e. The highest BCUT2D eigenvalue weighted by atomic mass is 28.3. The van der Waals surface area contributed by atoms with Gasteiger partial charge in [0.15, 0.2) is 5.82 Å². The Morgan fingerprint density at radius 1 is 0.478 bits per heavy atom. The molecule has 0 aliphatic carbocycles. The van der Waals surface area contributed by atoms with E-state index < -0.39 is 8.07 Å². The van der Waals surface area contributed by atoms with Gasteiger partial charge < -0.3 is 4.57 Å². The maximum Gasteiger partial charge on any atom is 0.160 e. The van der Waals surface area contributed by atoms with Crippen molar-refractivity contribution in [1.82, 2.24) is 14.5 Å². The summed E-state index contributed by atoms with van der Waals surface area (Å²) in [5.74, 6) is 0.766. The zero-order valence-corrected chi connectivity index (χ0v) is 26.8. The summed E-state index contributed by atoms with van der Waals surface area (Å²) in [6.07, 6.45) is 0. The second kappa shape index (κ2) is 10.2. The number of para-hydroxylation sites is 2. The summed E-state index contributed by atoms with van der Waals surface area (Å²) in [7, 11) is -1.99. The molecule has 0 spiro atoms. The van der Waals surface area contributed by atoms with Crippen LogP contribution in [0.15, 0.2) is 152 Å². The summed E-state index contributed by atoms with van der Waals surface area (Å²) in [5, 5.41) is 5.26. The summed E-state index contributed by atoms with van der Waals surface area (Å²) >= 11 is 0.